The Morgan fingerprint density at radius 3 is 2.48 bits per heavy atom. The van der Waals surface area contributed by atoms with E-state index in [9.17, 15) is 0 Å². The molecule has 2 aromatic rings. The number of benzene rings is 2. The van der Waals surface area contributed by atoms with E-state index in [0.29, 0.717) is 4.99 Å². The average Bonchev–Trinajstić information content (AvgIpc) is 2.53. The van der Waals surface area contributed by atoms with Gasteiger partial charge in [-0.3, -0.25) is 0 Å². The van der Waals surface area contributed by atoms with Crippen molar-refractivity contribution in [1.82, 2.24) is 0 Å². The smallest absolute Gasteiger partial charge is 0.123 e. The molecule has 0 amide bonds. The normalized spacial score (nSPS) is 10.2. The van der Waals surface area contributed by atoms with E-state index >= 15 is 0 Å². The first-order chi connectivity index (χ1) is 10.2. The fourth-order valence-electron chi connectivity index (χ4n) is 2.29. The second-order valence-electron chi connectivity index (χ2n) is 4.74. The fourth-order valence-corrected chi connectivity index (χ4v) is 2.41. The summed E-state index contributed by atoms with van der Waals surface area (Å²) in [5, 5.41) is 0. The third-order valence-corrected chi connectivity index (χ3v) is 3.66. The lowest BCUT2D eigenvalue weighted by molar-refractivity contribution is 0.409. The predicted molar refractivity (Wildman–Crippen MR) is 92.0 cm³/mol. The van der Waals surface area contributed by atoms with Crippen molar-refractivity contribution in [2.24, 2.45) is 5.73 Å². The second-order valence-corrected chi connectivity index (χ2v) is 5.18. The van der Waals surface area contributed by atoms with Crippen molar-refractivity contribution in [2.45, 2.75) is 13.5 Å². The summed E-state index contributed by atoms with van der Waals surface area (Å²) in [7, 11) is 1.68. The molecule has 3 nitrogen and oxygen atoms in total. The van der Waals surface area contributed by atoms with Crippen LogP contribution in [0.3, 0.4) is 0 Å². The van der Waals surface area contributed by atoms with Crippen molar-refractivity contribution < 1.29 is 4.74 Å². The third kappa shape index (κ3) is 3.73. The van der Waals surface area contributed by atoms with E-state index in [1.54, 1.807) is 7.11 Å². The van der Waals surface area contributed by atoms with E-state index < -0.39 is 0 Å². The molecule has 0 aliphatic heterocycles. The number of rotatable bonds is 6. The Morgan fingerprint density at radius 2 is 1.90 bits per heavy atom. The van der Waals surface area contributed by atoms with Crippen LogP contribution in [0.15, 0.2) is 48.5 Å². The minimum absolute atomic E-state index is 0.404. The van der Waals surface area contributed by atoms with Crippen molar-refractivity contribution in [2.75, 3.05) is 18.6 Å². The molecule has 110 valence electrons. The molecule has 0 bridgehead atoms. The van der Waals surface area contributed by atoms with Gasteiger partial charge in [0.25, 0.3) is 0 Å². The Balaban J connectivity index is 2.32. The third-order valence-electron chi connectivity index (χ3n) is 3.43. The van der Waals surface area contributed by atoms with Crippen LogP contribution in [-0.2, 0) is 6.54 Å². The summed E-state index contributed by atoms with van der Waals surface area (Å²) in [6.07, 6.45) is 0. The molecule has 0 spiro atoms. The maximum atomic E-state index is 5.73. The molecule has 0 fully saturated rings. The molecular weight excluding hydrogens is 280 g/mol. The summed E-state index contributed by atoms with van der Waals surface area (Å²) < 4.78 is 5.45. The highest BCUT2D eigenvalue weighted by Crippen LogP contribution is 2.24. The molecule has 2 aromatic carbocycles. The van der Waals surface area contributed by atoms with Crippen molar-refractivity contribution in [1.29, 1.82) is 0 Å². The minimum Gasteiger partial charge on any atom is -0.496 e. The molecule has 0 aromatic heterocycles. The molecule has 0 atom stereocenters. The van der Waals surface area contributed by atoms with Gasteiger partial charge in [0.15, 0.2) is 0 Å². The van der Waals surface area contributed by atoms with E-state index in [4.69, 9.17) is 22.7 Å². The topological polar surface area (TPSA) is 38.5 Å². The van der Waals surface area contributed by atoms with Gasteiger partial charge in [-0.15, -0.1) is 0 Å². The molecule has 0 saturated heterocycles. The van der Waals surface area contributed by atoms with Crippen molar-refractivity contribution in [3.63, 3.8) is 0 Å². The fraction of sp³-hybridized carbons (Fsp3) is 0.235. The van der Waals surface area contributed by atoms with Crippen LogP contribution >= 0.6 is 12.2 Å². The van der Waals surface area contributed by atoms with E-state index in [1.807, 2.05) is 36.4 Å². The second kappa shape index (κ2) is 7.09. The monoisotopic (exact) mass is 300 g/mol. The number of ether oxygens (including phenoxy) is 1. The molecule has 0 radical (unpaired) electrons. The summed E-state index contributed by atoms with van der Waals surface area (Å²) in [6.45, 7) is 3.79. The summed E-state index contributed by atoms with van der Waals surface area (Å²) in [5.41, 5.74) is 8.85. The molecule has 4 heteroatoms. The number of hydrogen-bond acceptors (Lipinski definition) is 3. The summed E-state index contributed by atoms with van der Waals surface area (Å²) in [4.78, 5) is 2.68. The number of methoxy groups -OCH3 is 1. The van der Waals surface area contributed by atoms with E-state index in [2.05, 4.69) is 24.0 Å². The first-order valence-electron chi connectivity index (χ1n) is 6.92. The lowest BCUT2D eigenvalue weighted by Gasteiger charge is -2.24. The highest BCUT2D eigenvalue weighted by atomic mass is 32.1. The number of hydrogen-bond donors (Lipinski definition) is 1. The Hall–Kier alpha value is -2.07. The van der Waals surface area contributed by atoms with E-state index in [1.165, 1.54) is 5.69 Å². The van der Waals surface area contributed by atoms with Gasteiger partial charge in [0.05, 0.1) is 7.11 Å². The lowest BCUT2D eigenvalue weighted by atomic mass is 10.1. The molecule has 0 aliphatic carbocycles. The zero-order valence-electron chi connectivity index (χ0n) is 12.4. The predicted octanol–water partition coefficient (Wildman–Crippen LogP) is 3.36. The summed E-state index contributed by atoms with van der Waals surface area (Å²) in [6, 6.07) is 16.1. The Kier molecular flexibility index (Phi) is 5.17. The van der Waals surface area contributed by atoms with Crippen LogP contribution in [0.25, 0.3) is 0 Å². The van der Waals surface area contributed by atoms with Crippen LogP contribution in [0.1, 0.15) is 18.1 Å². The molecule has 2 rings (SSSR count). The minimum atomic E-state index is 0.404. The zero-order valence-corrected chi connectivity index (χ0v) is 13.2. The molecule has 0 aliphatic rings. The van der Waals surface area contributed by atoms with Gasteiger partial charge in [-0.1, -0.05) is 30.4 Å². The van der Waals surface area contributed by atoms with Crippen molar-refractivity contribution in [3.05, 3.63) is 59.7 Å². The standard InChI is InChI=1S/C17H20N2OS/c1-3-19(15-7-5-4-6-8-15)12-14-11-13(17(18)21)9-10-16(14)20-2/h4-11H,3,12H2,1-2H3,(H2,18,21). The first kappa shape index (κ1) is 15.3. The number of nitrogens with two attached hydrogens (primary N) is 1. The molecule has 0 saturated carbocycles. The molecule has 21 heavy (non-hydrogen) atoms. The van der Waals surface area contributed by atoms with Gasteiger partial charge in [0, 0.05) is 29.9 Å². The summed E-state index contributed by atoms with van der Waals surface area (Å²) >= 11 is 5.06. The van der Waals surface area contributed by atoms with Crippen molar-refractivity contribution in [3.8, 4) is 5.75 Å². The van der Waals surface area contributed by atoms with E-state index in [-0.39, 0.29) is 0 Å². The van der Waals surface area contributed by atoms with Crippen LogP contribution in [0.2, 0.25) is 0 Å². The first-order valence-corrected chi connectivity index (χ1v) is 7.33. The van der Waals surface area contributed by atoms with Gasteiger partial charge in [-0.25, -0.2) is 0 Å². The van der Waals surface area contributed by atoms with Gasteiger partial charge >= 0.3 is 0 Å². The number of nitrogens with zero attached hydrogens (tertiary/aromatic N) is 1. The Bertz CT molecular complexity index is 613. The SMILES string of the molecule is CCN(Cc1cc(C(N)=S)ccc1OC)c1ccccc1. The number of anilines is 1. The van der Waals surface area contributed by atoms with Gasteiger partial charge < -0.3 is 15.4 Å². The molecule has 0 heterocycles. The van der Waals surface area contributed by atoms with Crippen molar-refractivity contribution >= 4 is 22.9 Å². The number of para-hydroxylation sites is 1. The Morgan fingerprint density at radius 1 is 1.19 bits per heavy atom. The highest BCUT2D eigenvalue weighted by Gasteiger charge is 2.11. The maximum absolute atomic E-state index is 5.73. The molecule has 0 unspecified atom stereocenters. The van der Waals surface area contributed by atoms with Crippen LogP contribution in [0.5, 0.6) is 5.75 Å². The quantitative estimate of drug-likeness (QED) is 0.830. The number of thiocarbonyl (C=S) groups is 1. The summed E-state index contributed by atoms with van der Waals surface area (Å²) in [5.74, 6) is 0.851. The lowest BCUT2D eigenvalue weighted by Crippen LogP contribution is -2.22. The molecule has 2 N–H and O–H groups in total. The average molecular weight is 300 g/mol. The molecular formula is C17H20N2OS. The van der Waals surface area contributed by atoms with Gasteiger partial charge in [0.1, 0.15) is 10.7 Å². The largest absolute Gasteiger partial charge is 0.496 e. The van der Waals surface area contributed by atoms with Gasteiger partial charge in [-0.2, -0.15) is 0 Å². The maximum Gasteiger partial charge on any atom is 0.123 e. The highest BCUT2D eigenvalue weighted by molar-refractivity contribution is 7.80. The van der Waals surface area contributed by atoms with E-state index in [0.717, 1.165) is 30.0 Å². The zero-order chi connectivity index (χ0) is 15.2. The van der Waals surface area contributed by atoms with Gasteiger partial charge in [-0.05, 0) is 37.3 Å². The Labute approximate surface area is 131 Å². The van der Waals surface area contributed by atoms with Crippen LogP contribution in [-0.4, -0.2) is 18.6 Å². The van der Waals surface area contributed by atoms with Crippen LogP contribution in [0.4, 0.5) is 5.69 Å². The van der Waals surface area contributed by atoms with Crippen LogP contribution < -0.4 is 15.4 Å². The van der Waals surface area contributed by atoms with Crippen LogP contribution in [0, 0.1) is 0 Å². The van der Waals surface area contributed by atoms with Gasteiger partial charge in [0.2, 0.25) is 0 Å².